The van der Waals surface area contributed by atoms with Gasteiger partial charge in [-0.15, -0.1) is 11.6 Å². The molecule has 0 bridgehead atoms. The van der Waals surface area contributed by atoms with E-state index in [1.165, 1.54) is 0 Å². The molecule has 1 unspecified atom stereocenters. The van der Waals surface area contributed by atoms with Crippen LogP contribution in [0.1, 0.15) is 16.7 Å². The van der Waals surface area contributed by atoms with Crippen molar-refractivity contribution in [2.24, 2.45) is 0 Å². The molecule has 0 amide bonds. The van der Waals surface area contributed by atoms with Crippen LogP contribution in [0.25, 0.3) is 0 Å². The number of hydrogen-bond acceptors (Lipinski definition) is 7. The quantitative estimate of drug-likeness (QED) is 0.348. The maximum absolute atomic E-state index is 12.3. The molecule has 1 fully saturated rings. The second-order valence-corrected chi connectivity index (χ2v) is 9.09. The number of halogens is 1. The van der Waals surface area contributed by atoms with E-state index in [1.807, 2.05) is 91.0 Å². The number of ether oxygens (including phenoxy) is 4. The van der Waals surface area contributed by atoms with Gasteiger partial charge in [0.2, 0.25) is 0 Å². The molecule has 6 atom stereocenters. The van der Waals surface area contributed by atoms with Crippen LogP contribution in [-0.4, -0.2) is 58.7 Å². The average molecular weight is 527 g/mol. The molecule has 3 aromatic rings. The first kappa shape index (κ1) is 27.4. The molecule has 1 aliphatic heterocycles. The van der Waals surface area contributed by atoms with Crippen LogP contribution >= 0.6 is 11.6 Å². The summed E-state index contributed by atoms with van der Waals surface area (Å²) in [5.41, 5.74) is 2.69. The third-order valence-corrected chi connectivity index (χ3v) is 6.44. The molecule has 0 spiro atoms. The molecule has 8 heteroatoms. The van der Waals surface area contributed by atoms with Gasteiger partial charge in [0.15, 0.2) is 12.1 Å². The molecule has 0 radical (unpaired) electrons. The normalized spacial score (nSPS) is 24.5. The van der Waals surface area contributed by atoms with E-state index in [-0.39, 0.29) is 19.8 Å². The number of Topliss-reactive ketones (excluding diaryl/α,β-unsaturated/α-hetero) is 1. The SMILES string of the molecule is O=C(CCl)C(O)[C@H]1O[C@@H](O)[C@H](OCc2ccccc2)[C@@H](OCc2ccccc2)[C@@H]1OCc1ccccc1. The lowest BCUT2D eigenvalue weighted by molar-refractivity contribution is -0.321. The van der Waals surface area contributed by atoms with E-state index in [0.29, 0.717) is 0 Å². The Morgan fingerprint density at radius 3 is 1.57 bits per heavy atom. The fourth-order valence-corrected chi connectivity index (χ4v) is 4.38. The van der Waals surface area contributed by atoms with E-state index >= 15 is 0 Å². The predicted octanol–water partition coefficient (Wildman–Crippen LogP) is 3.63. The number of carbonyl (C=O) groups excluding carboxylic acids is 1. The molecule has 2 N–H and O–H groups in total. The van der Waals surface area contributed by atoms with Gasteiger partial charge in [0, 0.05) is 0 Å². The summed E-state index contributed by atoms with van der Waals surface area (Å²) < 4.78 is 24.4. The fourth-order valence-electron chi connectivity index (χ4n) is 4.22. The summed E-state index contributed by atoms with van der Waals surface area (Å²) in [7, 11) is 0. The molecule has 4 rings (SSSR count). The van der Waals surface area contributed by atoms with Gasteiger partial charge in [-0.05, 0) is 16.7 Å². The van der Waals surface area contributed by atoms with Crippen LogP contribution in [0.4, 0.5) is 0 Å². The summed E-state index contributed by atoms with van der Waals surface area (Å²) in [4.78, 5) is 12.3. The highest BCUT2D eigenvalue weighted by Gasteiger charge is 2.51. The molecule has 1 heterocycles. The second kappa shape index (κ2) is 13.8. The Morgan fingerprint density at radius 2 is 1.14 bits per heavy atom. The van der Waals surface area contributed by atoms with E-state index in [0.717, 1.165) is 16.7 Å². The summed E-state index contributed by atoms with van der Waals surface area (Å²) in [5.74, 6) is -1.05. The lowest BCUT2D eigenvalue weighted by atomic mass is 9.93. The Labute approximate surface area is 221 Å². The molecule has 0 aromatic heterocycles. The van der Waals surface area contributed by atoms with Crippen molar-refractivity contribution in [1.82, 2.24) is 0 Å². The maximum atomic E-state index is 12.3. The second-order valence-electron chi connectivity index (χ2n) is 8.82. The Kier molecular flexibility index (Phi) is 10.2. The molecule has 196 valence electrons. The van der Waals surface area contributed by atoms with Gasteiger partial charge >= 0.3 is 0 Å². The van der Waals surface area contributed by atoms with Crippen molar-refractivity contribution in [3.05, 3.63) is 108 Å². The van der Waals surface area contributed by atoms with Crippen LogP contribution < -0.4 is 0 Å². The summed E-state index contributed by atoms with van der Waals surface area (Å²) in [5, 5.41) is 21.7. The van der Waals surface area contributed by atoms with Crippen molar-refractivity contribution in [2.75, 3.05) is 5.88 Å². The van der Waals surface area contributed by atoms with Gasteiger partial charge in [0.1, 0.15) is 30.5 Å². The number of hydrogen-bond donors (Lipinski definition) is 2. The van der Waals surface area contributed by atoms with Crippen molar-refractivity contribution in [2.45, 2.75) is 56.6 Å². The Bertz CT molecular complexity index is 1080. The van der Waals surface area contributed by atoms with Crippen LogP contribution in [0.3, 0.4) is 0 Å². The number of carbonyl (C=O) groups is 1. The largest absolute Gasteiger partial charge is 0.382 e. The van der Waals surface area contributed by atoms with E-state index in [4.69, 9.17) is 30.5 Å². The average Bonchev–Trinajstić information content (AvgIpc) is 2.95. The Balaban J connectivity index is 1.62. The molecule has 0 saturated carbocycles. The van der Waals surface area contributed by atoms with Crippen LogP contribution in [0.2, 0.25) is 0 Å². The zero-order valence-corrected chi connectivity index (χ0v) is 21.0. The van der Waals surface area contributed by atoms with Gasteiger partial charge in [0.25, 0.3) is 0 Å². The van der Waals surface area contributed by atoms with E-state index in [2.05, 4.69) is 0 Å². The van der Waals surface area contributed by atoms with Crippen LogP contribution in [0.5, 0.6) is 0 Å². The van der Waals surface area contributed by atoms with E-state index < -0.39 is 48.5 Å². The van der Waals surface area contributed by atoms with Crippen LogP contribution in [0.15, 0.2) is 91.0 Å². The first-order valence-corrected chi connectivity index (χ1v) is 12.7. The Hall–Kier alpha value is -2.62. The van der Waals surface area contributed by atoms with Crippen molar-refractivity contribution in [3.8, 4) is 0 Å². The summed E-state index contributed by atoms with van der Waals surface area (Å²) in [6.07, 6.45) is -7.11. The lowest BCUT2D eigenvalue weighted by Crippen LogP contribution is -2.64. The van der Waals surface area contributed by atoms with Gasteiger partial charge in [-0.2, -0.15) is 0 Å². The fraction of sp³-hybridized carbons (Fsp3) is 0.345. The first-order chi connectivity index (χ1) is 18.1. The minimum Gasteiger partial charge on any atom is -0.382 e. The van der Waals surface area contributed by atoms with Gasteiger partial charge < -0.3 is 29.2 Å². The molecule has 1 aliphatic rings. The number of aliphatic hydroxyl groups excluding tert-OH is 2. The van der Waals surface area contributed by atoms with Gasteiger partial charge in [-0.1, -0.05) is 91.0 Å². The highest BCUT2D eigenvalue weighted by Crippen LogP contribution is 2.31. The van der Waals surface area contributed by atoms with Crippen LogP contribution in [-0.2, 0) is 43.6 Å². The lowest BCUT2D eigenvalue weighted by Gasteiger charge is -2.45. The molecular weight excluding hydrogens is 496 g/mol. The van der Waals surface area contributed by atoms with Crippen molar-refractivity contribution in [1.29, 1.82) is 0 Å². The minimum atomic E-state index is -1.62. The van der Waals surface area contributed by atoms with Crippen molar-refractivity contribution >= 4 is 17.4 Å². The molecule has 1 saturated heterocycles. The highest BCUT2D eigenvalue weighted by molar-refractivity contribution is 6.28. The molecule has 0 aliphatic carbocycles. The highest BCUT2D eigenvalue weighted by atomic mass is 35.5. The van der Waals surface area contributed by atoms with E-state index in [1.54, 1.807) is 0 Å². The third-order valence-electron chi connectivity index (χ3n) is 6.18. The monoisotopic (exact) mass is 526 g/mol. The number of aliphatic hydroxyl groups is 2. The summed E-state index contributed by atoms with van der Waals surface area (Å²) in [6.45, 7) is 0.553. The molecule has 3 aromatic carbocycles. The molecular formula is C29H31ClO7. The number of ketones is 1. The van der Waals surface area contributed by atoms with Crippen molar-refractivity contribution < 1.29 is 34.0 Å². The van der Waals surface area contributed by atoms with Gasteiger partial charge in [-0.3, -0.25) is 4.79 Å². The standard InChI is InChI=1S/C29H31ClO7/c30-16-23(31)24(32)25-26(34-17-20-10-4-1-5-11-20)27(35-18-21-12-6-2-7-13-21)28(29(33)37-25)36-19-22-14-8-3-9-15-22/h1-15,24-29,32-33H,16-19H2/t24?,25-,26-,27+,28-,29-/m1/s1. The third kappa shape index (κ3) is 7.46. The van der Waals surface area contributed by atoms with Crippen molar-refractivity contribution in [3.63, 3.8) is 0 Å². The number of rotatable bonds is 12. The number of benzene rings is 3. The van der Waals surface area contributed by atoms with Crippen LogP contribution in [0, 0.1) is 0 Å². The summed E-state index contributed by atoms with van der Waals surface area (Å²) >= 11 is 5.72. The van der Waals surface area contributed by atoms with Gasteiger partial charge in [-0.25, -0.2) is 0 Å². The topological polar surface area (TPSA) is 94.5 Å². The zero-order valence-electron chi connectivity index (χ0n) is 20.3. The minimum absolute atomic E-state index is 0.167. The summed E-state index contributed by atoms with van der Waals surface area (Å²) in [6, 6.07) is 28.5. The number of alkyl halides is 1. The predicted molar refractivity (Wildman–Crippen MR) is 138 cm³/mol. The zero-order chi connectivity index (χ0) is 26.0. The Morgan fingerprint density at radius 1 is 0.730 bits per heavy atom. The van der Waals surface area contributed by atoms with E-state index in [9.17, 15) is 15.0 Å². The smallest absolute Gasteiger partial charge is 0.184 e. The van der Waals surface area contributed by atoms with Gasteiger partial charge in [0.05, 0.1) is 25.7 Å². The molecule has 37 heavy (non-hydrogen) atoms. The first-order valence-electron chi connectivity index (χ1n) is 12.1. The maximum Gasteiger partial charge on any atom is 0.184 e. The molecule has 7 nitrogen and oxygen atoms in total.